The van der Waals surface area contributed by atoms with Crippen molar-refractivity contribution in [1.29, 1.82) is 0 Å². The van der Waals surface area contributed by atoms with E-state index in [2.05, 4.69) is 9.97 Å². The van der Waals surface area contributed by atoms with Gasteiger partial charge in [-0.3, -0.25) is 0 Å². The number of fused-ring (bicyclic) bond motifs is 2. The minimum Gasteiger partial charge on any atom is -0.387 e. The van der Waals surface area contributed by atoms with Crippen LogP contribution in [0.3, 0.4) is 0 Å². The molecule has 5 N–H and O–H groups in total. The predicted molar refractivity (Wildman–Crippen MR) is 104 cm³/mol. The van der Waals surface area contributed by atoms with Crippen molar-refractivity contribution in [1.82, 2.24) is 14.5 Å². The minimum absolute atomic E-state index is 0. The molecular formula is C19H20ClFN4O4. The summed E-state index contributed by atoms with van der Waals surface area (Å²) in [6, 6.07) is 5.62. The molecule has 0 unspecified atom stereocenters. The van der Waals surface area contributed by atoms with Crippen molar-refractivity contribution < 1.29 is 24.4 Å². The molecule has 0 spiro atoms. The molecule has 0 saturated carbocycles. The first kappa shape index (κ1) is 20.0. The van der Waals surface area contributed by atoms with E-state index in [1.165, 1.54) is 16.5 Å². The summed E-state index contributed by atoms with van der Waals surface area (Å²) in [7, 11) is 0. The van der Waals surface area contributed by atoms with E-state index < -0.39 is 36.5 Å². The second-order valence-corrected chi connectivity index (χ2v) is 7.29. The molecule has 0 amide bonds. The number of hydrogen-bond donors (Lipinski definition) is 4. The van der Waals surface area contributed by atoms with Crippen LogP contribution in [0.2, 0.25) is 0 Å². The lowest BCUT2D eigenvalue weighted by Crippen LogP contribution is -2.35. The van der Waals surface area contributed by atoms with Gasteiger partial charge in [-0.25, -0.2) is 14.4 Å². The molecule has 8 nitrogen and oxygen atoms in total. The molecule has 5 atom stereocenters. The summed E-state index contributed by atoms with van der Waals surface area (Å²) in [5.74, 6) is -0.697. The SMILES string of the molecule is Cl.Nc1ncnc2c1c(F)cn2[C@@H]1O[C@H]([C@H](O)c2ccc3c(c2)CC3)[C@@H](O)[C@H]1O. The van der Waals surface area contributed by atoms with Gasteiger partial charge in [-0.1, -0.05) is 18.2 Å². The highest BCUT2D eigenvalue weighted by atomic mass is 35.5. The molecule has 3 heterocycles. The molecule has 0 radical (unpaired) electrons. The highest BCUT2D eigenvalue weighted by Crippen LogP contribution is 2.39. The number of ether oxygens (including phenoxy) is 1. The number of anilines is 1. The van der Waals surface area contributed by atoms with E-state index >= 15 is 0 Å². The number of aliphatic hydroxyl groups excluding tert-OH is 3. The predicted octanol–water partition coefficient (Wildman–Crippen LogP) is 1.03. The Morgan fingerprint density at radius 2 is 1.93 bits per heavy atom. The maximum Gasteiger partial charge on any atom is 0.164 e. The van der Waals surface area contributed by atoms with Crippen molar-refractivity contribution in [3.63, 3.8) is 0 Å². The van der Waals surface area contributed by atoms with Gasteiger partial charge in [0, 0.05) is 6.20 Å². The van der Waals surface area contributed by atoms with Crippen molar-refractivity contribution in [2.24, 2.45) is 0 Å². The number of nitrogens with two attached hydrogens (primary N) is 1. The zero-order chi connectivity index (χ0) is 19.6. The first-order valence-corrected chi connectivity index (χ1v) is 9.03. The molecule has 1 aliphatic carbocycles. The summed E-state index contributed by atoms with van der Waals surface area (Å²) >= 11 is 0. The maximum absolute atomic E-state index is 14.3. The van der Waals surface area contributed by atoms with Gasteiger partial charge >= 0.3 is 0 Å². The molecule has 154 valence electrons. The average molecular weight is 423 g/mol. The van der Waals surface area contributed by atoms with Crippen LogP contribution in [0.5, 0.6) is 0 Å². The zero-order valence-corrected chi connectivity index (χ0v) is 16.0. The zero-order valence-electron chi connectivity index (χ0n) is 15.1. The third kappa shape index (κ3) is 2.97. The first-order chi connectivity index (χ1) is 13.5. The molecule has 10 heteroatoms. The van der Waals surface area contributed by atoms with Crippen LogP contribution in [-0.4, -0.2) is 48.2 Å². The molecule has 29 heavy (non-hydrogen) atoms. The monoisotopic (exact) mass is 422 g/mol. The number of hydrogen-bond acceptors (Lipinski definition) is 7. The van der Waals surface area contributed by atoms with Gasteiger partial charge in [-0.15, -0.1) is 12.4 Å². The van der Waals surface area contributed by atoms with Gasteiger partial charge in [0.15, 0.2) is 17.7 Å². The van der Waals surface area contributed by atoms with Crippen molar-refractivity contribution in [3.05, 3.63) is 53.2 Å². The third-order valence-corrected chi connectivity index (χ3v) is 5.69. The smallest absolute Gasteiger partial charge is 0.164 e. The number of nitrogen functional groups attached to an aromatic ring is 1. The Labute approximate surface area is 171 Å². The topological polar surface area (TPSA) is 127 Å². The standard InChI is InChI=1S/C19H19FN4O4.ClH/c20-11-6-24(18-12(11)17(21)22-7-23-18)19-15(27)14(26)16(28-19)13(25)10-4-2-8-1-3-9(8)5-10;/h2,4-7,13-16,19,25-27H,1,3H2,(H2,21,22,23);1H/t13-,14+,15-,16-,19-;/m1./s1. The van der Waals surface area contributed by atoms with Crippen LogP contribution in [-0.2, 0) is 17.6 Å². The lowest BCUT2D eigenvalue weighted by atomic mass is 9.85. The van der Waals surface area contributed by atoms with Crippen molar-refractivity contribution in [2.75, 3.05) is 5.73 Å². The summed E-state index contributed by atoms with van der Waals surface area (Å²) in [5, 5.41) is 31.8. The van der Waals surface area contributed by atoms with Gasteiger partial charge in [0.2, 0.25) is 0 Å². The Kier molecular flexibility index (Phi) is 4.96. The van der Waals surface area contributed by atoms with E-state index in [0.29, 0.717) is 5.56 Å². The van der Waals surface area contributed by atoms with Crippen LogP contribution in [0.4, 0.5) is 10.2 Å². The summed E-state index contributed by atoms with van der Waals surface area (Å²) in [5.41, 5.74) is 8.86. The summed E-state index contributed by atoms with van der Waals surface area (Å²) < 4.78 is 21.4. The number of rotatable bonds is 3. The normalized spacial score (nSPS) is 26.6. The number of aliphatic hydroxyl groups is 3. The number of benzene rings is 1. The Bertz CT molecular complexity index is 1080. The molecule has 2 aromatic heterocycles. The second-order valence-electron chi connectivity index (χ2n) is 7.29. The Morgan fingerprint density at radius 1 is 1.17 bits per heavy atom. The molecule has 1 aromatic carbocycles. The highest BCUT2D eigenvalue weighted by molar-refractivity contribution is 5.86. The second kappa shape index (κ2) is 7.19. The number of aromatic nitrogens is 3. The Morgan fingerprint density at radius 3 is 2.62 bits per heavy atom. The molecular weight excluding hydrogens is 403 g/mol. The van der Waals surface area contributed by atoms with Crippen molar-refractivity contribution in [2.45, 2.75) is 43.5 Å². The summed E-state index contributed by atoms with van der Waals surface area (Å²) in [6.07, 6.45) is -1.89. The number of aryl methyl sites for hydroxylation is 2. The molecule has 2 aliphatic rings. The fraction of sp³-hybridized carbons (Fsp3) is 0.368. The van der Waals surface area contributed by atoms with Crippen LogP contribution in [0.1, 0.15) is 29.0 Å². The molecule has 3 aromatic rings. The van der Waals surface area contributed by atoms with Crippen LogP contribution in [0.25, 0.3) is 11.0 Å². The summed E-state index contributed by atoms with van der Waals surface area (Å²) in [4.78, 5) is 7.79. The van der Waals surface area contributed by atoms with Gasteiger partial charge in [0.05, 0.1) is 5.39 Å². The lowest BCUT2D eigenvalue weighted by molar-refractivity contribution is -0.0849. The van der Waals surface area contributed by atoms with E-state index in [1.807, 2.05) is 12.1 Å². The molecule has 5 rings (SSSR count). The molecule has 0 bridgehead atoms. The van der Waals surface area contributed by atoms with E-state index in [0.717, 1.165) is 24.6 Å². The fourth-order valence-electron chi connectivity index (χ4n) is 4.02. The van der Waals surface area contributed by atoms with Gasteiger partial charge < -0.3 is 30.4 Å². The van der Waals surface area contributed by atoms with E-state index in [-0.39, 0.29) is 29.3 Å². The van der Waals surface area contributed by atoms with E-state index in [9.17, 15) is 19.7 Å². The van der Waals surface area contributed by atoms with Gasteiger partial charge in [0.1, 0.15) is 36.6 Å². The van der Waals surface area contributed by atoms with E-state index in [4.69, 9.17) is 10.5 Å². The minimum atomic E-state index is -1.39. The molecule has 1 fully saturated rings. The average Bonchev–Trinajstić information content (AvgIpc) is 3.14. The Balaban J connectivity index is 0.00000205. The van der Waals surface area contributed by atoms with Crippen molar-refractivity contribution >= 4 is 29.3 Å². The summed E-state index contributed by atoms with van der Waals surface area (Å²) in [6.45, 7) is 0. The van der Waals surface area contributed by atoms with Gasteiger partial charge in [-0.2, -0.15) is 0 Å². The third-order valence-electron chi connectivity index (χ3n) is 5.69. The highest BCUT2D eigenvalue weighted by Gasteiger charge is 2.48. The van der Waals surface area contributed by atoms with Crippen LogP contribution >= 0.6 is 12.4 Å². The van der Waals surface area contributed by atoms with Crippen LogP contribution in [0, 0.1) is 5.82 Å². The number of nitrogens with zero attached hydrogens (tertiary/aromatic N) is 3. The number of halogens is 2. The lowest BCUT2D eigenvalue weighted by Gasteiger charge is -2.25. The maximum atomic E-state index is 14.3. The molecule has 1 aliphatic heterocycles. The van der Waals surface area contributed by atoms with Crippen LogP contribution in [0.15, 0.2) is 30.7 Å². The van der Waals surface area contributed by atoms with Gasteiger partial charge in [0.25, 0.3) is 0 Å². The Hall–Kier alpha value is -2.30. The van der Waals surface area contributed by atoms with Gasteiger partial charge in [-0.05, 0) is 29.5 Å². The van der Waals surface area contributed by atoms with Crippen LogP contribution < -0.4 is 5.73 Å². The quantitative estimate of drug-likeness (QED) is 0.496. The molecule has 1 saturated heterocycles. The largest absolute Gasteiger partial charge is 0.387 e. The first-order valence-electron chi connectivity index (χ1n) is 9.03. The van der Waals surface area contributed by atoms with Crippen molar-refractivity contribution in [3.8, 4) is 0 Å². The van der Waals surface area contributed by atoms with E-state index in [1.54, 1.807) is 6.07 Å². The fourth-order valence-corrected chi connectivity index (χ4v) is 4.02.